The summed E-state index contributed by atoms with van der Waals surface area (Å²) < 4.78 is 42.9. The SMILES string of the molecule is COc1ccc(C(Nc2cccc(C(=O)O)c2)C(=O)O[C@H]2CN3CCC2CC3)cc1.O=C(O)C(F)(F)F. The minimum absolute atomic E-state index is 0.104. The van der Waals surface area contributed by atoms with E-state index < -0.39 is 24.2 Å². The molecule has 200 valence electrons. The average molecular weight is 524 g/mol. The first kappa shape index (κ1) is 27.8. The molecule has 0 spiro atoms. The van der Waals surface area contributed by atoms with Gasteiger partial charge in [-0.25, -0.2) is 14.4 Å². The Morgan fingerprint density at radius 3 is 2.16 bits per heavy atom. The molecule has 2 atom stereocenters. The monoisotopic (exact) mass is 524 g/mol. The highest BCUT2D eigenvalue weighted by atomic mass is 19.4. The molecule has 3 fully saturated rings. The maximum absolute atomic E-state index is 13.2. The number of aromatic carboxylic acids is 1. The lowest BCUT2D eigenvalue weighted by Gasteiger charge is -2.44. The van der Waals surface area contributed by atoms with Gasteiger partial charge in [-0.3, -0.25) is 4.90 Å². The molecule has 9 nitrogen and oxygen atoms in total. The number of anilines is 1. The van der Waals surface area contributed by atoms with E-state index in [1.165, 1.54) is 12.1 Å². The lowest BCUT2D eigenvalue weighted by atomic mass is 9.86. The Kier molecular flexibility index (Phi) is 8.98. The third-order valence-electron chi connectivity index (χ3n) is 6.21. The van der Waals surface area contributed by atoms with Gasteiger partial charge in [0.1, 0.15) is 11.9 Å². The number of esters is 1. The summed E-state index contributed by atoms with van der Waals surface area (Å²) in [6.45, 7) is 2.92. The fraction of sp³-hybridized carbons (Fsp3) is 0.400. The first-order valence-electron chi connectivity index (χ1n) is 11.4. The van der Waals surface area contributed by atoms with E-state index in [1.807, 2.05) is 12.1 Å². The van der Waals surface area contributed by atoms with E-state index in [1.54, 1.807) is 31.4 Å². The summed E-state index contributed by atoms with van der Waals surface area (Å²) in [7, 11) is 1.59. The van der Waals surface area contributed by atoms with Gasteiger partial charge in [0.15, 0.2) is 6.04 Å². The van der Waals surface area contributed by atoms with Crippen molar-refractivity contribution in [2.75, 3.05) is 32.1 Å². The standard InChI is InChI=1S/C23H26N2O5.C2HF3O2/c1-29-19-7-5-16(6-8-19)21(24-18-4-2-3-17(13-18)22(26)27)23(28)30-20-14-25-11-9-15(20)10-12-25;3-2(4,5)1(6)7/h2-8,13,15,20-21,24H,9-12,14H2,1H3,(H,26,27);(H,6,7)/t20-,21?;/m0./s1. The van der Waals surface area contributed by atoms with Gasteiger partial charge < -0.3 is 25.0 Å². The van der Waals surface area contributed by atoms with Crippen molar-refractivity contribution in [2.24, 2.45) is 5.92 Å². The number of hydrogen-bond acceptors (Lipinski definition) is 7. The van der Waals surface area contributed by atoms with Crippen LogP contribution >= 0.6 is 0 Å². The van der Waals surface area contributed by atoms with E-state index in [0.717, 1.165) is 38.0 Å². The summed E-state index contributed by atoms with van der Waals surface area (Å²) in [5, 5.41) is 19.6. The zero-order valence-electron chi connectivity index (χ0n) is 19.9. The largest absolute Gasteiger partial charge is 0.497 e. The van der Waals surface area contributed by atoms with Crippen LogP contribution in [0.3, 0.4) is 0 Å². The topological polar surface area (TPSA) is 125 Å². The van der Waals surface area contributed by atoms with Crippen LogP contribution in [-0.2, 0) is 14.3 Å². The normalized spacial score (nSPS) is 21.1. The molecule has 0 aliphatic carbocycles. The Bertz CT molecular complexity index is 1100. The molecular formula is C25H27F3N2O7. The molecule has 0 saturated carbocycles. The molecule has 0 radical (unpaired) electrons. The predicted molar refractivity (Wildman–Crippen MR) is 125 cm³/mol. The molecule has 1 unspecified atom stereocenters. The number of carbonyl (C=O) groups is 3. The second-order valence-electron chi connectivity index (χ2n) is 8.65. The Hall–Kier alpha value is -3.80. The van der Waals surface area contributed by atoms with Gasteiger partial charge in [0.05, 0.1) is 12.7 Å². The third kappa shape index (κ3) is 7.59. The molecule has 3 aliphatic rings. The van der Waals surface area contributed by atoms with Gasteiger partial charge in [0, 0.05) is 12.2 Å². The number of hydrogen-bond donors (Lipinski definition) is 3. The lowest BCUT2D eigenvalue weighted by Crippen LogP contribution is -2.52. The van der Waals surface area contributed by atoms with Crippen molar-refractivity contribution in [1.82, 2.24) is 4.90 Å². The Morgan fingerprint density at radius 2 is 1.68 bits per heavy atom. The number of halogens is 3. The molecule has 3 heterocycles. The molecule has 5 rings (SSSR count). The van der Waals surface area contributed by atoms with E-state index in [4.69, 9.17) is 19.4 Å². The summed E-state index contributed by atoms with van der Waals surface area (Å²) in [4.78, 5) is 35.8. The van der Waals surface area contributed by atoms with Crippen LogP contribution in [-0.4, -0.2) is 72.0 Å². The van der Waals surface area contributed by atoms with E-state index >= 15 is 0 Å². The van der Waals surface area contributed by atoms with Gasteiger partial charge in [-0.15, -0.1) is 0 Å². The predicted octanol–water partition coefficient (Wildman–Crippen LogP) is 3.82. The van der Waals surface area contributed by atoms with Crippen LogP contribution in [0.2, 0.25) is 0 Å². The molecule has 3 N–H and O–H groups in total. The quantitative estimate of drug-likeness (QED) is 0.464. The number of nitrogens with zero attached hydrogens (tertiary/aromatic N) is 1. The Balaban J connectivity index is 0.000000479. The van der Waals surface area contributed by atoms with Gasteiger partial charge in [-0.1, -0.05) is 18.2 Å². The minimum atomic E-state index is -5.08. The number of fused-ring (bicyclic) bond motifs is 3. The van der Waals surface area contributed by atoms with E-state index in [-0.39, 0.29) is 17.6 Å². The number of rotatable bonds is 7. The first-order valence-corrected chi connectivity index (χ1v) is 11.4. The minimum Gasteiger partial charge on any atom is -0.497 e. The molecule has 37 heavy (non-hydrogen) atoms. The summed E-state index contributed by atoms with van der Waals surface area (Å²) >= 11 is 0. The van der Waals surface area contributed by atoms with Crippen LogP contribution < -0.4 is 10.1 Å². The fourth-order valence-electron chi connectivity index (χ4n) is 4.24. The number of carboxylic acid groups (broad SMARTS) is 2. The molecular weight excluding hydrogens is 497 g/mol. The molecule has 2 aromatic carbocycles. The van der Waals surface area contributed by atoms with Crippen LogP contribution in [0.4, 0.5) is 18.9 Å². The number of alkyl halides is 3. The second kappa shape index (κ2) is 12.0. The van der Waals surface area contributed by atoms with Crippen molar-refractivity contribution in [3.63, 3.8) is 0 Å². The van der Waals surface area contributed by atoms with Crippen molar-refractivity contribution in [1.29, 1.82) is 0 Å². The van der Waals surface area contributed by atoms with Crippen LogP contribution in [0.15, 0.2) is 48.5 Å². The highest BCUT2D eigenvalue weighted by molar-refractivity contribution is 5.89. The van der Waals surface area contributed by atoms with Crippen LogP contribution in [0.5, 0.6) is 5.75 Å². The van der Waals surface area contributed by atoms with Crippen LogP contribution in [0, 0.1) is 5.92 Å². The van der Waals surface area contributed by atoms with E-state index in [0.29, 0.717) is 17.4 Å². The number of nitrogens with one attached hydrogen (secondary N) is 1. The summed E-state index contributed by atoms with van der Waals surface area (Å²) in [5.41, 5.74) is 1.42. The van der Waals surface area contributed by atoms with Gasteiger partial charge >= 0.3 is 24.1 Å². The molecule has 2 aromatic rings. The maximum atomic E-state index is 13.2. The maximum Gasteiger partial charge on any atom is 0.490 e. The van der Waals surface area contributed by atoms with Crippen LogP contribution in [0.1, 0.15) is 34.8 Å². The van der Waals surface area contributed by atoms with E-state index in [2.05, 4.69) is 10.2 Å². The smallest absolute Gasteiger partial charge is 0.490 e. The Morgan fingerprint density at radius 1 is 1.05 bits per heavy atom. The third-order valence-corrected chi connectivity index (χ3v) is 6.21. The second-order valence-corrected chi connectivity index (χ2v) is 8.65. The lowest BCUT2D eigenvalue weighted by molar-refractivity contribution is -0.192. The molecule has 2 bridgehead atoms. The summed E-state index contributed by atoms with van der Waals surface area (Å²) in [5.74, 6) is -3.04. The highest BCUT2D eigenvalue weighted by Gasteiger charge is 2.39. The van der Waals surface area contributed by atoms with Crippen molar-refractivity contribution >= 4 is 23.6 Å². The molecule has 3 aliphatic heterocycles. The van der Waals surface area contributed by atoms with Gasteiger partial charge in [0.2, 0.25) is 0 Å². The molecule has 0 aromatic heterocycles. The van der Waals surface area contributed by atoms with Crippen molar-refractivity contribution < 1.29 is 47.2 Å². The number of methoxy groups -OCH3 is 1. The average Bonchev–Trinajstić information content (AvgIpc) is 2.88. The van der Waals surface area contributed by atoms with Crippen molar-refractivity contribution in [2.45, 2.75) is 31.2 Å². The number of ether oxygens (including phenoxy) is 2. The van der Waals surface area contributed by atoms with E-state index in [9.17, 15) is 27.9 Å². The summed E-state index contributed by atoms with van der Waals surface area (Å²) in [6, 6.07) is 12.9. The van der Waals surface area contributed by atoms with Crippen molar-refractivity contribution in [3.05, 3.63) is 59.7 Å². The number of aliphatic carboxylic acids is 1. The van der Waals surface area contributed by atoms with Gasteiger partial charge in [-0.2, -0.15) is 13.2 Å². The molecule has 0 amide bonds. The number of piperidine rings is 3. The molecule has 3 saturated heterocycles. The zero-order chi connectivity index (χ0) is 27.2. The highest BCUT2D eigenvalue weighted by Crippen LogP contribution is 2.32. The zero-order valence-corrected chi connectivity index (χ0v) is 19.9. The summed E-state index contributed by atoms with van der Waals surface area (Å²) in [6.07, 6.45) is -3.08. The fourth-order valence-corrected chi connectivity index (χ4v) is 4.24. The number of benzene rings is 2. The first-order chi connectivity index (χ1) is 17.5. The molecule has 12 heteroatoms. The number of carboxylic acids is 2. The van der Waals surface area contributed by atoms with Crippen LogP contribution in [0.25, 0.3) is 0 Å². The Labute approximate surface area is 210 Å². The van der Waals surface area contributed by atoms with Crippen molar-refractivity contribution in [3.8, 4) is 5.75 Å². The number of carbonyl (C=O) groups excluding carboxylic acids is 1. The van der Waals surface area contributed by atoms with Gasteiger partial charge in [0.25, 0.3) is 0 Å². The van der Waals surface area contributed by atoms with Gasteiger partial charge in [-0.05, 0) is 67.7 Å².